The van der Waals surface area contributed by atoms with E-state index in [9.17, 15) is 18.9 Å². The molecule has 0 spiro atoms. The zero-order chi connectivity index (χ0) is 15.0. The molecule has 0 aliphatic carbocycles. The van der Waals surface area contributed by atoms with E-state index in [0.717, 1.165) is 12.1 Å². The second-order valence-corrected chi connectivity index (χ2v) is 5.82. The number of nitro benzene ring substituents is 1. The number of likely N-dealkylation sites (N-methyl/N-ethyl adjacent to an activating group) is 1. The molecular formula is C12H14BrF2N3O2. The van der Waals surface area contributed by atoms with Crippen LogP contribution in [0.3, 0.4) is 0 Å². The fourth-order valence-corrected chi connectivity index (χ4v) is 2.69. The third kappa shape index (κ3) is 2.76. The van der Waals surface area contributed by atoms with Crippen LogP contribution in [0.1, 0.15) is 0 Å². The Bertz CT molecular complexity index is 542. The molecule has 2 atom stereocenters. The fraction of sp³-hybridized carbons (Fsp3) is 0.500. The minimum Gasteiger partial charge on any atom is -0.361 e. The molecule has 1 aromatic rings. The van der Waals surface area contributed by atoms with Gasteiger partial charge in [-0.2, -0.15) is 0 Å². The fourth-order valence-electron chi connectivity index (χ4n) is 2.36. The molecule has 0 aromatic heterocycles. The molecule has 0 bridgehead atoms. The monoisotopic (exact) mass is 349 g/mol. The van der Waals surface area contributed by atoms with Gasteiger partial charge in [-0.05, 0) is 30.0 Å². The predicted molar refractivity (Wildman–Crippen MR) is 75.3 cm³/mol. The molecule has 1 heterocycles. The number of anilines is 1. The minimum absolute atomic E-state index is 0.0186. The molecule has 20 heavy (non-hydrogen) atoms. The number of alkyl halides is 1. The van der Waals surface area contributed by atoms with Crippen LogP contribution >= 0.6 is 15.9 Å². The van der Waals surface area contributed by atoms with E-state index in [4.69, 9.17) is 0 Å². The summed E-state index contributed by atoms with van der Waals surface area (Å²) in [6, 6.07) is 1.83. The van der Waals surface area contributed by atoms with Crippen LogP contribution in [0.15, 0.2) is 16.6 Å². The molecular weight excluding hydrogens is 336 g/mol. The average molecular weight is 350 g/mol. The maximum absolute atomic E-state index is 13.9. The maximum Gasteiger partial charge on any atom is 0.293 e. The molecule has 1 aliphatic rings. The Morgan fingerprint density at radius 2 is 2.10 bits per heavy atom. The van der Waals surface area contributed by atoms with Crippen LogP contribution in [0, 0.1) is 15.9 Å². The van der Waals surface area contributed by atoms with Gasteiger partial charge >= 0.3 is 0 Å². The highest BCUT2D eigenvalue weighted by Gasteiger charge is 2.37. The average Bonchev–Trinajstić information content (AvgIpc) is 2.74. The van der Waals surface area contributed by atoms with Gasteiger partial charge in [0.2, 0.25) is 0 Å². The molecule has 0 N–H and O–H groups in total. The standard InChI is InChI=1S/C12H14BrF2N3O2/c1-16(2)12-6-17(5-9(12)15)10-4-8(14)7(13)3-11(10)18(19)20/h3-4,9,12H,5-6H2,1-2H3. The van der Waals surface area contributed by atoms with Crippen molar-refractivity contribution in [2.75, 3.05) is 32.1 Å². The Hall–Kier alpha value is -1.28. The third-order valence-electron chi connectivity index (χ3n) is 3.44. The summed E-state index contributed by atoms with van der Waals surface area (Å²) in [6.45, 7) is 0.306. The van der Waals surface area contributed by atoms with Crippen LogP contribution in [0.2, 0.25) is 0 Å². The number of hydrogen-bond acceptors (Lipinski definition) is 4. The van der Waals surface area contributed by atoms with Gasteiger partial charge in [-0.25, -0.2) is 8.78 Å². The lowest BCUT2D eigenvalue weighted by molar-refractivity contribution is -0.384. The van der Waals surface area contributed by atoms with E-state index in [1.54, 1.807) is 19.0 Å². The normalized spacial score (nSPS) is 22.6. The Kier molecular flexibility index (Phi) is 4.24. The second kappa shape index (κ2) is 5.61. The van der Waals surface area contributed by atoms with Crippen LogP contribution < -0.4 is 4.90 Å². The summed E-state index contributed by atoms with van der Waals surface area (Å²) in [7, 11) is 3.49. The van der Waals surface area contributed by atoms with Gasteiger partial charge in [-0.15, -0.1) is 0 Å². The van der Waals surface area contributed by atoms with Crippen molar-refractivity contribution in [3.05, 3.63) is 32.5 Å². The van der Waals surface area contributed by atoms with Gasteiger partial charge in [-0.1, -0.05) is 0 Å². The van der Waals surface area contributed by atoms with E-state index in [1.807, 2.05) is 0 Å². The Labute approximate surface area is 123 Å². The SMILES string of the molecule is CN(C)C1CN(c2cc(F)c(Br)cc2[N+](=O)[O-])CC1F. The summed E-state index contributed by atoms with van der Waals surface area (Å²) < 4.78 is 27.6. The van der Waals surface area contributed by atoms with Gasteiger partial charge in [-0.3, -0.25) is 10.1 Å². The molecule has 0 saturated carbocycles. The smallest absolute Gasteiger partial charge is 0.293 e. The van der Waals surface area contributed by atoms with E-state index in [2.05, 4.69) is 15.9 Å². The molecule has 0 radical (unpaired) electrons. The number of nitro groups is 1. The molecule has 1 saturated heterocycles. The predicted octanol–water partition coefficient (Wildman–Crippen LogP) is 2.58. The first-order valence-corrected chi connectivity index (χ1v) is 6.79. The quantitative estimate of drug-likeness (QED) is 0.621. The van der Waals surface area contributed by atoms with Gasteiger partial charge in [0.1, 0.15) is 17.7 Å². The second-order valence-electron chi connectivity index (χ2n) is 4.96. The number of hydrogen-bond donors (Lipinski definition) is 0. The molecule has 1 aromatic carbocycles. The highest BCUT2D eigenvalue weighted by atomic mass is 79.9. The summed E-state index contributed by atoms with van der Waals surface area (Å²) >= 11 is 2.92. The zero-order valence-electron chi connectivity index (χ0n) is 11.0. The summed E-state index contributed by atoms with van der Waals surface area (Å²) in [6.07, 6.45) is -1.13. The van der Waals surface area contributed by atoms with Gasteiger partial charge in [0.25, 0.3) is 5.69 Å². The van der Waals surface area contributed by atoms with Gasteiger partial charge in [0.15, 0.2) is 0 Å². The van der Waals surface area contributed by atoms with E-state index in [1.165, 1.54) is 4.90 Å². The molecule has 1 aliphatic heterocycles. The van der Waals surface area contributed by atoms with E-state index in [0.29, 0.717) is 0 Å². The first-order valence-electron chi connectivity index (χ1n) is 6.00. The van der Waals surface area contributed by atoms with Crippen LogP contribution in [0.25, 0.3) is 0 Å². The maximum atomic E-state index is 13.9. The lowest BCUT2D eigenvalue weighted by Crippen LogP contribution is -2.36. The first kappa shape index (κ1) is 15.1. The van der Waals surface area contributed by atoms with Gasteiger partial charge < -0.3 is 9.80 Å². The molecule has 2 unspecified atom stereocenters. The van der Waals surface area contributed by atoms with Crippen molar-refractivity contribution in [3.8, 4) is 0 Å². The zero-order valence-corrected chi connectivity index (χ0v) is 12.6. The molecule has 8 heteroatoms. The van der Waals surface area contributed by atoms with E-state index >= 15 is 0 Å². The third-order valence-corrected chi connectivity index (χ3v) is 4.05. The van der Waals surface area contributed by atoms with Crippen LogP contribution in [0.4, 0.5) is 20.2 Å². The van der Waals surface area contributed by atoms with Crippen molar-refractivity contribution < 1.29 is 13.7 Å². The highest BCUT2D eigenvalue weighted by molar-refractivity contribution is 9.10. The van der Waals surface area contributed by atoms with Crippen molar-refractivity contribution in [2.24, 2.45) is 0 Å². The van der Waals surface area contributed by atoms with E-state index < -0.39 is 16.9 Å². The van der Waals surface area contributed by atoms with Crippen molar-refractivity contribution in [3.63, 3.8) is 0 Å². The van der Waals surface area contributed by atoms with Crippen LogP contribution in [-0.2, 0) is 0 Å². The van der Waals surface area contributed by atoms with Crippen LogP contribution in [-0.4, -0.2) is 49.2 Å². The number of nitrogens with zero attached hydrogens (tertiary/aromatic N) is 3. The van der Waals surface area contributed by atoms with E-state index in [-0.39, 0.29) is 35.0 Å². The van der Waals surface area contributed by atoms with Gasteiger partial charge in [0, 0.05) is 18.7 Å². The van der Waals surface area contributed by atoms with Crippen molar-refractivity contribution in [1.82, 2.24) is 4.90 Å². The van der Waals surface area contributed by atoms with Crippen LogP contribution in [0.5, 0.6) is 0 Å². The summed E-state index contributed by atoms with van der Waals surface area (Å²) in [4.78, 5) is 13.7. The number of rotatable bonds is 3. The summed E-state index contributed by atoms with van der Waals surface area (Å²) in [5.74, 6) is -0.602. The lowest BCUT2D eigenvalue weighted by atomic mass is 10.2. The molecule has 5 nitrogen and oxygen atoms in total. The molecule has 0 amide bonds. The van der Waals surface area contributed by atoms with Crippen molar-refractivity contribution >= 4 is 27.3 Å². The molecule has 2 rings (SSSR count). The first-order chi connectivity index (χ1) is 9.31. The number of halogens is 3. The minimum atomic E-state index is -1.13. The number of benzene rings is 1. The highest BCUT2D eigenvalue weighted by Crippen LogP contribution is 2.36. The Balaban J connectivity index is 2.38. The van der Waals surface area contributed by atoms with Crippen molar-refractivity contribution in [1.29, 1.82) is 0 Å². The Morgan fingerprint density at radius 1 is 1.45 bits per heavy atom. The summed E-state index contributed by atoms with van der Waals surface area (Å²) in [5.41, 5.74) is -0.118. The topological polar surface area (TPSA) is 49.6 Å². The van der Waals surface area contributed by atoms with Crippen molar-refractivity contribution in [2.45, 2.75) is 12.2 Å². The largest absolute Gasteiger partial charge is 0.361 e. The molecule has 110 valence electrons. The molecule has 1 fully saturated rings. The van der Waals surface area contributed by atoms with Gasteiger partial charge in [0.05, 0.1) is 22.0 Å². The summed E-state index contributed by atoms with van der Waals surface area (Å²) in [5, 5.41) is 11.1. The lowest BCUT2D eigenvalue weighted by Gasteiger charge is -2.21. The Morgan fingerprint density at radius 3 is 2.60 bits per heavy atom.